The molecule has 0 unspecified atom stereocenters. The van der Waals surface area contributed by atoms with Crippen LogP contribution in [0.15, 0.2) is 0 Å². The molecule has 57 heavy (non-hydrogen) atoms. The Morgan fingerprint density at radius 3 is 1.42 bits per heavy atom. The highest BCUT2D eigenvalue weighted by Gasteiger charge is 2.48. The lowest BCUT2D eigenvalue weighted by atomic mass is 9.94. The summed E-state index contributed by atoms with van der Waals surface area (Å²) in [6.07, 6.45) is 27.1. The first-order chi connectivity index (χ1) is 27.7. The van der Waals surface area contributed by atoms with E-state index in [1.165, 1.54) is 122 Å². The Labute approximate surface area is 346 Å². The summed E-state index contributed by atoms with van der Waals surface area (Å²) < 4.78 is 6.09. The van der Waals surface area contributed by atoms with E-state index in [-0.39, 0.29) is 31.6 Å². The Hall–Kier alpha value is -2.28. The quantitative estimate of drug-likeness (QED) is 0.0336. The Morgan fingerprint density at radius 1 is 0.544 bits per heavy atom. The molecule has 1 heterocycles. The topological polar surface area (TPSA) is 186 Å². The number of nitrogens with one attached hydrogen (secondary N) is 2. The Balaban J connectivity index is 2.74. The van der Waals surface area contributed by atoms with Crippen molar-refractivity contribution < 1.29 is 44.3 Å². The number of hydrogen-bond acceptors (Lipinski definition) is 8. The lowest BCUT2D eigenvalue weighted by Gasteiger charge is -2.47. The van der Waals surface area contributed by atoms with E-state index in [9.17, 15) is 34.5 Å². The first kappa shape index (κ1) is 52.7. The van der Waals surface area contributed by atoms with Crippen molar-refractivity contribution in [2.24, 2.45) is 0 Å². The van der Waals surface area contributed by atoms with Gasteiger partial charge in [0.2, 0.25) is 17.7 Å². The highest BCUT2D eigenvalue weighted by atomic mass is 16.5. The minimum Gasteiger partial charge on any atom is -0.481 e. The summed E-state index contributed by atoms with van der Waals surface area (Å²) in [6.45, 7) is 3.81. The van der Waals surface area contributed by atoms with Gasteiger partial charge in [-0.1, -0.05) is 174 Å². The molecule has 1 aliphatic heterocycles. The summed E-state index contributed by atoms with van der Waals surface area (Å²) in [5, 5.41) is 45.9. The highest BCUT2D eigenvalue weighted by molar-refractivity contribution is 5.85. The molecule has 3 amide bonds. The van der Waals surface area contributed by atoms with Crippen molar-refractivity contribution in [2.45, 2.75) is 243 Å². The number of rotatable bonds is 38. The number of nitrogens with zero attached hydrogens (tertiary/aromatic N) is 1. The van der Waals surface area contributed by atoms with Crippen LogP contribution in [-0.4, -0.2) is 99.3 Å². The van der Waals surface area contributed by atoms with Crippen LogP contribution in [0.3, 0.4) is 0 Å². The molecule has 0 aromatic heterocycles. The van der Waals surface area contributed by atoms with Gasteiger partial charge in [0, 0.05) is 25.8 Å². The lowest BCUT2D eigenvalue weighted by Crippen LogP contribution is -2.69. The summed E-state index contributed by atoms with van der Waals surface area (Å²) >= 11 is 0. The first-order valence-electron chi connectivity index (χ1n) is 23.4. The molecule has 0 radical (unpaired) electrons. The van der Waals surface area contributed by atoms with Crippen LogP contribution in [0.1, 0.15) is 213 Å². The van der Waals surface area contributed by atoms with Gasteiger partial charge in [-0.2, -0.15) is 0 Å². The normalized spacial score (nSPS) is 19.4. The molecule has 12 nitrogen and oxygen atoms in total. The van der Waals surface area contributed by atoms with Crippen molar-refractivity contribution in [3.05, 3.63) is 0 Å². The fraction of sp³-hybridized carbons (Fsp3) is 0.911. The fourth-order valence-corrected chi connectivity index (χ4v) is 7.73. The summed E-state index contributed by atoms with van der Waals surface area (Å²) in [5.74, 6) is -2.33. The number of unbranched alkanes of at least 4 members (excludes halogenated alkanes) is 25. The van der Waals surface area contributed by atoms with Crippen molar-refractivity contribution in [3.8, 4) is 0 Å². The summed E-state index contributed by atoms with van der Waals surface area (Å²) in [6, 6.07) is -1.21. The van der Waals surface area contributed by atoms with Gasteiger partial charge in [0.25, 0.3) is 0 Å². The van der Waals surface area contributed by atoms with Crippen LogP contribution in [0, 0.1) is 0 Å². The summed E-state index contributed by atoms with van der Waals surface area (Å²) in [5.41, 5.74) is 0. The summed E-state index contributed by atoms with van der Waals surface area (Å²) in [7, 11) is 0. The maximum Gasteiger partial charge on any atom is 0.303 e. The molecule has 1 fully saturated rings. The van der Waals surface area contributed by atoms with Gasteiger partial charge in [0.15, 0.2) is 6.23 Å². The monoisotopic (exact) mass is 812 g/mol. The third-order valence-corrected chi connectivity index (χ3v) is 11.3. The average molecular weight is 812 g/mol. The third kappa shape index (κ3) is 26.4. The molecule has 1 rings (SSSR count). The SMILES string of the molecule is CCCCCCCCCCCCCCCCCC(=O)N(CCCCCCCCCCCCCC)[C@@H]1O[C@H](CO)[C@@H](O)[C@H](O)[C@H]1NC(=O)CNC(=O)CCCC(=O)O. The molecule has 0 aromatic carbocycles. The Kier molecular flexibility index (Phi) is 33.0. The average Bonchev–Trinajstić information content (AvgIpc) is 3.19. The minimum absolute atomic E-state index is 0.0606. The van der Waals surface area contributed by atoms with E-state index in [2.05, 4.69) is 24.5 Å². The van der Waals surface area contributed by atoms with Crippen molar-refractivity contribution in [1.29, 1.82) is 0 Å². The lowest BCUT2D eigenvalue weighted by molar-refractivity contribution is -0.231. The molecule has 6 N–H and O–H groups in total. The zero-order valence-electron chi connectivity index (χ0n) is 36.2. The zero-order chi connectivity index (χ0) is 41.9. The molecule has 1 aliphatic rings. The van der Waals surface area contributed by atoms with Crippen LogP contribution < -0.4 is 10.6 Å². The van der Waals surface area contributed by atoms with Crippen LogP contribution in [0.4, 0.5) is 0 Å². The molecule has 0 spiro atoms. The highest BCUT2D eigenvalue weighted by Crippen LogP contribution is 2.26. The number of carboxylic acids is 1. The molecule has 0 saturated carbocycles. The number of aliphatic carboxylic acids is 1. The Morgan fingerprint density at radius 2 is 0.982 bits per heavy atom. The smallest absolute Gasteiger partial charge is 0.303 e. The largest absolute Gasteiger partial charge is 0.481 e. The number of aliphatic hydroxyl groups excluding tert-OH is 3. The molecule has 1 saturated heterocycles. The van der Waals surface area contributed by atoms with E-state index >= 15 is 0 Å². The molecule has 5 atom stereocenters. The molecule has 12 heteroatoms. The van der Waals surface area contributed by atoms with Gasteiger partial charge in [0.1, 0.15) is 24.4 Å². The maximum atomic E-state index is 13.9. The van der Waals surface area contributed by atoms with Crippen molar-refractivity contribution in [2.75, 3.05) is 19.7 Å². The van der Waals surface area contributed by atoms with Crippen LogP contribution in [0.2, 0.25) is 0 Å². The van der Waals surface area contributed by atoms with E-state index in [0.29, 0.717) is 19.4 Å². The van der Waals surface area contributed by atoms with Crippen molar-refractivity contribution in [3.63, 3.8) is 0 Å². The number of amides is 3. The van der Waals surface area contributed by atoms with Crippen LogP contribution in [0.5, 0.6) is 0 Å². The second kappa shape index (κ2) is 35.6. The number of aliphatic hydroxyl groups is 3. The maximum absolute atomic E-state index is 13.9. The minimum atomic E-state index is -1.54. The number of carboxylic acid groups (broad SMARTS) is 1. The number of carbonyl (C=O) groups is 4. The Bertz CT molecular complexity index is 1030. The van der Waals surface area contributed by atoms with Crippen molar-refractivity contribution >= 4 is 23.7 Å². The van der Waals surface area contributed by atoms with Gasteiger partial charge in [-0.3, -0.25) is 19.2 Å². The molecule has 0 aliphatic carbocycles. The third-order valence-electron chi connectivity index (χ3n) is 11.3. The van der Waals surface area contributed by atoms with E-state index in [4.69, 9.17) is 9.84 Å². The van der Waals surface area contributed by atoms with Gasteiger partial charge in [-0.15, -0.1) is 0 Å². The standard InChI is InChI=1S/C45H85N3O9/c1-3-5-7-9-11-13-15-17-18-19-20-22-24-26-28-32-40(52)48(34-29-27-25-23-21-16-14-12-10-8-6-4-2)45-42(44(56)43(55)37(36-49)57-45)47-39(51)35-46-38(50)31-30-33-41(53)54/h37,42-45,49,55-56H,3-36H2,1-2H3,(H,46,50)(H,47,51)(H,53,54)/t37-,42-,43-,44-,45-/m1/s1. The molecular weight excluding hydrogens is 727 g/mol. The second-order valence-corrected chi connectivity index (χ2v) is 16.5. The summed E-state index contributed by atoms with van der Waals surface area (Å²) in [4.78, 5) is 51.4. The van der Waals surface area contributed by atoms with Gasteiger partial charge in [0.05, 0.1) is 13.2 Å². The van der Waals surface area contributed by atoms with Gasteiger partial charge >= 0.3 is 5.97 Å². The molecule has 0 aromatic rings. The predicted octanol–water partition coefficient (Wildman–Crippen LogP) is 8.07. The number of hydrogen-bond donors (Lipinski definition) is 6. The predicted molar refractivity (Wildman–Crippen MR) is 227 cm³/mol. The number of carbonyl (C=O) groups excluding carboxylic acids is 3. The fourth-order valence-electron chi connectivity index (χ4n) is 7.73. The first-order valence-corrected chi connectivity index (χ1v) is 23.4. The van der Waals surface area contributed by atoms with E-state index < -0.39 is 61.5 Å². The van der Waals surface area contributed by atoms with Crippen LogP contribution in [0.25, 0.3) is 0 Å². The van der Waals surface area contributed by atoms with E-state index in [1.54, 1.807) is 4.90 Å². The van der Waals surface area contributed by atoms with Crippen molar-refractivity contribution in [1.82, 2.24) is 15.5 Å². The molecule has 334 valence electrons. The van der Waals surface area contributed by atoms with Gasteiger partial charge in [-0.05, 0) is 19.3 Å². The molecular formula is C45H85N3O9. The van der Waals surface area contributed by atoms with E-state index in [0.717, 1.165) is 38.5 Å². The van der Waals surface area contributed by atoms with Gasteiger partial charge in [-0.25, -0.2) is 0 Å². The second-order valence-electron chi connectivity index (χ2n) is 16.5. The number of ether oxygens (including phenoxy) is 1. The van der Waals surface area contributed by atoms with Crippen LogP contribution >= 0.6 is 0 Å². The molecule has 0 bridgehead atoms. The van der Waals surface area contributed by atoms with Crippen LogP contribution in [-0.2, 0) is 23.9 Å². The van der Waals surface area contributed by atoms with E-state index in [1.807, 2.05) is 0 Å². The zero-order valence-corrected chi connectivity index (χ0v) is 36.2. The van der Waals surface area contributed by atoms with Gasteiger partial charge < -0.3 is 40.7 Å².